The average Bonchev–Trinajstić information content (AvgIpc) is 2.84. The fourth-order valence-electron chi connectivity index (χ4n) is 1.75. The van der Waals surface area contributed by atoms with Crippen LogP contribution in [-0.4, -0.2) is 26.7 Å². The van der Waals surface area contributed by atoms with E-state index in [4.69, 9.17) is 5.73 Å². The van der Waals surface area contributed by atoms with Crippen LogP contribution in [0.4, 0.5) is 5.95 Å². The topological polar surface area (TPSA) is 85.8 Å². The molecule has 0 spiro atoms. The fourth-order valence-corrected chi connectivity index (χ4v) is 2.19. The first kappa shape index (κ1) is 15.7. The maximum absolute atomic E-state index is 11.8. The fraction of sp³-hybridized carbons (Fsp3) is 0.357. The molecule has 1 atom stereocenters. The molecule has 2 aromatic rings. The van der Waals surface area contributed by atoms with Crippen molar-refractivity contribution in [3.05, 3.63) is 40.6 Å². The minimum absolute atomic E-state index is 0.0637. The quantitative estimate of drug-likeness (QED) is 0.862. The predicted octanol–water partition coefficient (Wildman–Crippen LogP) is 2.01. The van der Waals surface area contributed by atoms with Crippen LogP contribution in [-0.2, 0) is 11.3 Å². The molecule has 112 valence electrons. The number of carbonyl (C=O) groups is 1. The highest BCUT2D eigenvalue weighted by molar-refractivity contribution is 9.10. The smallest absolute Gasteiger partial charge is 0.248 e. The van der Waals surface area contributed by atoms with Crippen molar-refractivity contribution in [3.8, 4) is 0 Å². The number of benzene rings is 1. The van der Waals surface area contributed by atoms with Crippen LogP contribution in [0.1, 0.15) is 19.4 Å². The summed E-state index contributed by atoms with van der Waals surface area (Å²) in [5.41, 5.74) is 6.86. The van der Waals surface area contributed by atoms with Crippen molar-refractivity contribution in [2.24, 2.45) is 11.7 Å². The molecule has 0 bridgehead atoms. The molecule has 0 unspecified atom stereocenters. The molecule has 3 N–H and O–H groups in total. The third-order valence-electron chi connectivity index (χ3n) is 3.03. The number of anilines is 1. The number of carbonyl (C=O) groups excluding carboxylic acids is 1. The van der Waals surface area contributed by atoms with Gasteiger partial charge in [-0.2, -0.15) is 0 Å². The third kappa shape index (κ3) is 4.37. The van der Waals surface area contributed by atoms with E-state index in [0.717, 1.165) is 10.0 Å². The zero-order valence-electron chi connectivity index (χ0n) is 12.0. The first-order valence-corrected chi connectivity index (χ1v) is 7.45. The van der Waals surface area contributed by atoms with Crippen molar-refractivity contribution >= 4 is 27.8 Å². The molecule has 0 aliphatic rings. The van der Waals surface area contributed by atoms with Gasteiger partial charge in [-0.05, 0) is 23.6 Å². The second kappa shape index (κ2) is 6.82. The summed E-state index contributed by atoms with van der Waals surface area (Å²) in [6, 6.07) is 7.36. The van der Waals surface area contributed by atoms with Crippen molar-refractivity contribution < 1.29 is 4.79 Å². The number of hydrogen-bond acceptors (Lipinski definition) is 4. The number of amides is 1. The Morgan fingerprint density at radius 2 is 2.24 bits per heavy atom. The zero-order valence-corrected chi connectivity index (χ0v) is 13.5. The Morgan fingerprint density at radius 3 is 2.90 bits per heavy atom. The lowest BCUT2D eigenvalue weighted by molar-refractivity contribution is -0.118. The highest BCUT2D eigenvalue weighted by Gasteiger charge is 2.18. The summed E-state index contributed by atoms with van der Waals surface area (Å²) in [4.78, 5) is 15.9. The van der Waals surface area contributed by atoms with Gasteiger partial charge in [-0.25, -0.2) is 9.67 Å². The third-order valence-corrected chi connectivity index (χ3v) is 3.52. The number of hydrogen-bond donors (Lipinski definition) is 2. The number of nitrogens with zero attached hydrogens (tertiary/aromatic N) is 3. The van der Waals surface area contributed by atoms with Gasteiger partial charge in [0, 0.05) is 4.47 Å². The van der Waals surface area contributed by atoms with E-state index < -0.39 is 6.04 Å². The maximum Gasteiger partial charge on any atom is 0.248 e. The van der Waals surface area contributed by atoms with Crippen molar-refractivity contribution in [1.29, 1.82) is 0 Å². The Morgan fingerprint density at radius 1 is 1.48 bits per heavy atom. The van der Waals surface area contributed by atoms with Crippen LogP contribution in [0.3, 0.4) is 0 Å². The van der Waals surface area contributed by atoms with Gasteiger partial charge in [0.25, 0.3) is 0 Å². The molecule has 1 aromatic carbocycles. The first-order valence-electron chi connectivity index (χ1n) is 6.66. The van der Waals surface area contributed by atoms with E-state index in [1.807, 2.05) is 38.1 Å². The average molecular weight is 352 g/mol. The standard InChI is InChI=1S/C14H18BrN5O/c1-9(2)12(16)13(21)18-14-17-8-20(19-14)7-10-4-3-5-11(15)6-10/h3-6,8-9,12H,7,16H2,1-2H3,(H,18,19,21)/t12-/m0/s1. The molecule has 0 fully saturated rings. The first-order chi connectivity index (χ1) is 9.95. The molecule has 2 rings (SSSR count). The Bertz CT molecular complexity index is 625. The van der Waals surface area contributed by atoms with Gasteiger partial charge >= 0.3 is 0 Å². The minimum Gasteiger partial charge on any atom is -0.320 e. The van der Waals surface area contributed by atoms with Crippen LogP contribution in [0.2, 0.25) is 0 Å². The molecular formula is C14H18BrN5O. The van der Waals surface area contributed by atoms with E-state index in [1.165, 1.54) is 0 Å². The lowest BCUT2D eigenvalue weighted by atomic mass is 10.1. The van der Waals surface area contributed by atoms with Gasteiger partial charge in [0.1, 0.15) is 6.33 Å². The predicted molar refractivity (Wildman–Crippen MR) is 84.7 cm³/mol. The molecule has 1 aromatic heterocycles. The number of aromatic nitrogens is 3. The number of rotatable bonds is 5. The van der Waals surface area contributed by atoms with Gasteiger partial charge in [0.15, 0.2) is 0 Å². The van der Waals surface area contributed by atoms with E-state index in [1.54, 1.807) is 11.0 Å². The summed E-state index contributed by atoms with van der Waals surface area (Å²) in [5, 5.41) is 6.84. The lowest BCUT2D eigenvalue weighted by Crippen LogP contribution is -2.40. The van der Waals surface area contributed by atoms with Crippen LogP contribution in [0.25, 0.3) is 0 Å². The van der Waals surface area contributed by atoms with Gasteiger partial charge in [-0.3, -0.25) is 10.1 Å². The molecule has 21 heavy (non-hydrogen) atoms. The van der Waals surface area contributed by atoms with Crippen molar-refractivity contribution in [2.75, 3.05) is 5.32 Å². The Kier molecular flexibility index (Phi) is 5.08. The van der Waals surface area contributed by atoms with E-state index in [-0.39, 0.29) is 17.8 Å². The second-order valence-electron chi connectivity index (χ2n) is 5.15. The number of halogens is 1. The molecule has 0 radical (unpaired) electrons. The Hall–Kier alpha value is -1.73. The highest BCUT2D eigenvalue weighted by atomic mass is 79.9. The van der Waals surface area contributed by atoms with Crippen LogP contribution in [0.5, 0.6) is 0 Å². The van der Waals surface area contributed by atoms with Crippen LogP contribution in [0.15, 0.2) is 35.1 Å². The van der Waals surface area contributed by atoms with Crippen molar-refractivity contribution in [2.45, 2.75) is 26.4 Å². The van der Waals surface area contributed by atoms with Gasteiger partial charge < -0.3 is 5.73 Å². The minimum atomic E-state index is -0.568. The molecule has 1 heterocycles. The van der Waals surface area contributed by atoms with E-state index in [9.17, 15) is 4.79 Å². The second-order valence-corrected chi connectivity index (χ2v) is 6.07. The Balaban J connectivity index is 2.00. The molecule has 7 heteroatoms. The molecule has 0 aliphatic carbocycles. The molecule has 0 saturated carbocycles. The van der Waals surface area contributed by atoms with Crippen molar-refractivity contribution in [1.82, 2.24) is 14.8 Å². The van der Waals surface area contributed by atoms with Crippen LogP contribution in [0, 0.1) is 5.92 Å². The molecule has 0 saturated heterocycles. The van der Waals surface area contributed by atoms with Crippen LogP contribution >= 0.6 is 15.9 Å². The molecule has 6 nitrogen and oxygen atoms in total. The number of nitrogens with one attached hydrogen (secondary N) is 1. The van der Waals surface area contributed by atoms with Crippen LogP contribution < -0.4 is 11.1 Å². The zero-order chi connectivity index (χ0) is 15.4. The van der Waals surface area contributed by atoms with Gasteiger partial charge in [0.2, 0.25) is 11.9 Å². The Labute approximate surface area is 131 Å². The van der Waals surface area contributed by atoms with E-state index in [2.05, 4.69) is 31.3 Å². The lowest BCUT2D eigenvalue weighted by Gasteiger charge is -2.13. The highest BCUT2D eigenvalue weighted by Crippen LogP contribution is 2.12. The summed E-state index contributed by atoms with van der Waals surface area (Å²) in [6.45, 7) is 4.37. The monoisotopic (exact) mass is 351 g/mol. The summed E-state index contributed by atoms with van der Waals surface area (Å²) in [7, 11) is 0. The van der Waals surface area contributed by atoms with Crippen molar-refractivity contribution in [3.63, 3.8) is 0 Å². The normalized spacial score (nSPS) is 12.4. The summed E-state index contributed by atoms with van der Waals surface area (Å²) >= 11 is 3.43. The summed E-state index contributed by atoms with van der Waals surface area (Å²) in [6.07, 6.45) is 1.58. The van der Waals surface area contributed by atoms with Gasteiger partial charge in [0.05, 0.1) is 12.6 Å². The SMILES string of the molecule is CC(C)[C@H](N)C(=O)Nc1ncn(Cc2cccc(Br)c2)n1. The summed E-state index contributed by atoms with van der Waals surface area (Å²) < 4.78 is 2.68. The largest absolute Gasteiger partial charge is 0.320 e. The molecular weight excluding hydrogens is 334 g/mol. The molecule has 1 amide bonds. The van der Waals surface area contributed by atoms with Gasteiger partial charge in [-0.1, -0.05) is 41.9 Å². The van der Waals surface area contributed by atoms with E-state index >= 15 is 0 Å². The number of nitrogens with two attached hydrogens (primary N) is 1. The van der Waals surface area contributed by atoms with E-state index in [0.29, 0.717) is 6.54 Å². The van der Waals surface area contributed by atoms with Gasteiger partial charge in [-0.15, -0.1) is 5.10 Å². The maximum atomic E-state index is 11.8. The summed E-state index contributed by atoms with van der Waals surface area (Å²) in [5.74, 6) is 0.0602. The molecule has 0 aliphatic heterocycles.